The Hall–Kier alpha value is -2.30. The number of nitrogens with two attached hydrogens (primary N) is 1. The van der Waals surface area contributed by atoms with Crippen molar-refractivity contribution in [3.05, 3.63) is 41.6 Å². The summed E-state index contributed by atoms with van der Waals surface area (Å²) in [6.45, 7) is 1.73. The van der Waals surface area contributed by atoms with Crippen LogP contribution < -0.4 is 15.5 Å². The molecule has 3 rings (SSSR count). The van der Waals surface area contributed by atoms with Gasteiger partial charge in [0, 0.05) is 39.1 Å². The van der Waals surface area contributed by atoms with Crippen molar-refractivity contribution < 1.29 is 0 Å². The molecule has 5 heteroatoms. The van der Waals surface area contributed by atoms with Crippen LogP contribution in [0.5, 0.6) is 0 Å². The molecule has 0 atom stereocenters. The average Bonchev–Trinajstić information content (AvgIpc) is 2.81. The lowest BCUT2D eigenvalue weighted by Crippen LogP contribution is -2.19. The monoisotopic (exact) mass is 255 g/mol. The fourth-order valence-corrected chi connectivity index (χ4v) is 2.31. The van der Waals surface area contributed by atoms with Gasteiger partial charge >= 0.3 is 0 Å². The molecule has 0 aliphatic carbocycles. The summed E-state index contributed by atoms with van der Waals surface area (Å²) >= 11 is 0. The smallest absolute Gasteiger partial charge is 0.226 e. The zero-order valence-electron chi connectivity index (χ0n) is 11.2. The highest BCUT2D eigenvalue weighted by Gasteiger charge is 2.20. The maximum Gasteiger partial charge on any atom is 0.226 e. The van der Waals surface area contributed by atoms with Gasteiger partial charge in [-0.05, 0) is 29.3 Å². The van der Waals surface area contributed by atoms with Gasteiger partial charge in [0.25, 0.3) is 0 Å². The number of fused-ring (bicyclic) bond motifs is 1. The lowest BCUT2D eigenvalue weighted by atomic mass is 10.1. The Labute approximate surface area is 112 Å². The molecule has 1 aliphatic rings. The summed E-state index contributed by atoms with van der Waals surface area (Å²) < 4.78 is 0. The van der Waals surface area contributed by atoms with E-state index in [0.717, 1.165) is 30.5 Å². The van der Waals surface area contributed by atoms with E-state index >= 15 is 0 Å². The van der Waals surface area contributed by atoms with E-state index in [1.807, 2.05) is 37.2 Å². The van der Waals surface area contributed by atoms with Gasteiger partial charge in [0.1, 0.15) is 5.82 Å². The van der Waals surface area contributed by atoms with Gasteiger partial charge in [-0.3, -0.25) is 0 Å². The van der Waals surface area contributed by atoms with Crippen molar-refractivity contribution in [2.45, 2.75) is 13.1 Å². The van der Waals surface area contributed by atoms with Crippen LogP contribution in [0.1, 0.15) is 11.1 Å². The molecular weight excluding hydrogens is 238 g/mol. The molecule has 19 heavy (non-hydrogen) atoms. The van der Waals surface area contributed by atoms with Crippen molar-refractivity contribution in [2.24, 2.45) is 0 Å². The Morgan fingerprint density at radius 2 is 1.95 bits per heavy atom. The molecule has 2 N–H and O–H groups in total. The van der Waals surface area contributed by atoms with Crippen LogP contribution in [0.25, 0.3) is 0 Å². The highest BCUT2D eigenvalue weighted by atomic mass is 15.3. The van der Waals surface area contributed by atoms with Gasteiger partial charge in [0.15, 0.2) is 0 Å². The first kappa shape index (κ1) is 11.8. The second-order valence-electron chi connectivity index (χ2n) is 4.99. The van der Waals surface area contributed by atoms with Crippen LogP contribution >= 0.6 is 0 Å². The molecule has 1 aromatic carbocycles. The third kappa shape index (κ3) is 2.19. The first-order valence-electron chi connectivity index (χ1n) is 6.26. The summed E-state index contributed by atoms with van der Waals surface area (Å²) in [5.41, 5.74) is 9.25. The van der Waals surface area contributed by atoms with Crippen LogP contribution in [0.2, 0.25) is 0 Å². The number of hydrogen-bond acceptors (Lipinski definition) is 5. The van der Waals surface area contributed by atoms with Gasteiger partial charge < -0.3 is 15.5 Å². The van der Waals surface area contributed by atoms with E-state index in [2.05, 4.69) is 20.9 Å². The highest BCUT2D eigenvalue weighted by molar-refractivity contribution is 5.53. The Balaban J connectivity index is 1.88. The van der Waals surface area contributed by atoms with Gasteiger partial charge in [0.05, 0.1) is 0 Å². The SMILES string of the molecule is CN(C)c1nccc(N2Cc3ccc(N)cc3C2)n1. The molecule has 2 aromatic rings. The third-order valence-electron chi connectivity index (χ3n) is 3.30. The summed E-state index contributed by atoms with van der Waals surface area (Å²) in [5.74, 6) is 1.68. The second-order valence-corrected chi connectivity index (χ2v) is 4.99. The van der Waals surface area contributed by atoms with Crippen molar-refractivity contribution >= 4 is 17.5 Å². The minimum absolute atomic E-state index is 0.730. The topological polar surface area (TPSA) is 58.3 Å². The van der Waals surface area contributed by atoms with Crippen LogP contribution in [-0.4, -0.2) is 24.1 Å². The van der Waals surface area contributed by atoms with E-state index in [0.29, 0.717) is 0 Å². The second kappa shape index (κ2) is 4.42. The van der Waals surface area contributed by atoms with Gasteiger partial charge in [-0.2, -0.15) is 4.98 Å². The summed E-state index contributed by atoms with van der Waals surface area (Å²) in [4.78, 5) is 13.0. The summed E-state index contributed by atoms with van der Waals surface area (Å²) in [6.07, 6.45) is 1.80. The van der Waals surface area contributed by atoms with Crippen LogP contribution in [0.15, 0.2) is 30.5 Å². The zero-order valence-corrected chi connectivity index (χ0v) is 11.2. The van der Waals surface area contributed by atoms with Crippen LogP contribution in [0.3, 0.4) is 0 Å². The standard InChI is InChI=1S/C14H17N5/c1-18(2)14-16-6-5-13(17-14)19-8-10-3-4-12(15)7-11(10)9-19/h3-7H,8-9,15H2,1-2H3. The molecule has 0 saturated heterocycles. The number of nitrogens with zero attached hydrogens (tertiary/aromatic N) is 4. The van der Waals surface area contributed by atoms with E-state index in [-0.39, 0.29) is 0 Å². The molecule has 0 fully saturated rings. The summed E-state index contributed by atoms with van der Waals surface area (Å²) in [5, 5.41) is 0. The van der Waals surface area contributed by atoms with Crippen molar-refractivity contribution in [1.29, 1.82) is 0 Å². The Kier molecular flexibility index (Phi) is 2.74. The number of nitrogen functional groups attached to an aromatic ring is 1. The fourth-order valence-electron chi connectivity index (χ4n) is 2.31. The normalized spacial score (nSPS) is 13.5. The minimum atomic E-state index is 0.730. The first-order chi connectivity index (χ1) is 9.13. The first-order valence-corrected chi connectivity index (χ1v) is 6.26. The number of benzene rings is 1. The number of rotatable bonds is 2. The Morgan fingerprint density at radius 3 is 2.74 bits per heavy atom. The number of aromatic nitrogens is 2. The third-order valence-corrected chi connectivity index (χ3v) is 3.30. The zero-order chi connectivity index (χ0) is 13.4. The molecule has 0 radical (unpaired) electrons. The van der Waals surface area contributed by atoms with Crippen LogP contribution in [0.4, 0.5) is 17.5 Å². The number of anilines is 3. The van der Waals surface area contributed by atoms with E-state index < -0.39 is 0 Å². The molecule has 98 valence electrons. The predicted octanol–water partition coefficient (Wildman–Crippen LogP) is 1.65. The van der Waals surface area contributed by atoms with E-state index in [9.17, 15) is 0 Å². The van der Waals surface area contributed by atoms with E-state index in [1.54, 1.807) is 6.20 Å². The molecular formula is C14H17N5. The average molecular weight is 255 g/mol. The molecule has 0 spiro atoms. The van der Waals surface area contributed by atoms with Crippen LogP contribution in [-0.2, 0) is 13.1 Å². The lowest BCUT2D eigenvalue weighted by molar-refractivity contribution is 0.845. The maximum atomic E-state index is 5.83. The van der Waals surface area contributed by atoms with Crippen molar-refractivity contribution in [3.63, 3.8) is 0 Å². The minimum Gasteiger partial charge on any atom is -0.399 e. The molecule has 0 saturated carbocycles. The fraction of sp³-hybridized carbons (Fsp3) is 0.286. The van der Waals surface area contributed by atoms with Gasteiger partial charge in [-0.15, -0.1) is 0 Å². The largest absolute Gasteiger partial charge is 0.399 e. The van der Waals surface area contributed by atoms with Gasteiger partial charge in [-0.1, -0.05) is 6.07 Å². The van der Waals surface area contributed by atoms with Crippen LogP contribution in [0, 0.1) is 0 Å². The van der Waals surface area contributed by atoms with Gasteiger partial charge in [-0.25, -0.2) is 4.98 Å². The number of hydrogen-bond donors (Lipinski definition) is 1. The molecule has 0 unspecified atom stereocenters. The van der Waals surface area contributed by atoms with E-state index in [1.165, 1.54) is 11.1 Å². The van der Waals surface area contributed by atoms with Crippen molar-refractivity contribution in [3.8, 4) is 0 Å². The lowest BCUT2D eigenvalue weighted by Gasteiger charge is -2.18. The summed E-state index contributed by atoms with van der Waals surface area (Å²) in [6, 6.07) is 8.04. The van der Waals surface area contributed by atoms with Gasteiger partial charge in [0.2, 0.25) is 5.95 Å². The van der Waals surface area contributed by atoms with Crippen molar-refractivity contribution in [2.75, 3.05) is 29.6 Å². The highest BCUT2D eigenvalue weighted by Crippen LogP contribution is 2.28. The molecule has 1 aliphatic heterocycles. The molecule has 5 nitrogen and oxygen atoms in total. The molecule has 2 heterocycles. The molecule has 1 aromatic heterocycles. The summed E-state index contributed by atoms with van der Waals surface area (Å²) in [7, 11) is 3.89. The maximum absolute atomic E-state index is 5.83. The van der Waals surface area contributed by atoms with E-state index in [4.69, 9.17) is 5.73 Å². The predicted molar refractivity (Wildman–Crippen MR) is 77.1 cm³/mol. The Morgan fingerprint density at radius 1 is 1.16 bits per heavy atom. The quantitative estimate of drug-likeness (QED) is 0.827. The van der Waals surface area contributed by atoms with Crippen molar-refractivity contribution in [1.82, 2.24) is 9.97 Å². The Bertz CT molecular complexity index is 609. The molecule has 0 amide bonds. The molecule has 0 bridgehead atoms.